The van der Waals surface area contributed by atoms with Gasteiger partial charge in [-0.1, -0.05) is 23.3 Å². The number of para-hydroxylation sites is 1. The molecule has 1 saturated carbocycles. The van der Waals surface area contributed by atoms with E-state index in [1.165, 1.54) is 16.7 Å². The maximum atomic E-state index is 13.6. The summed E-state index contributed by atoms with van der Waals surface area (Å²) < 4.78 is 81.3. The van der Waals surface area contributed by atoms with Crippen LogP contribution in [0.1, 0.15) is 53.8 Å². The van der Waals surface area contributed by atoms with E-state index in [4.69, 9.17) is 4.98 Å². The number of hydrogen-bond acceptors (Lipinski definition) is 6. The van der Waals surface area contributed by atoms with Crippen LogP contribution in [-0.2, 0) is 32.5 Å². The Kier molecular flexibility index (Phi) is 7.19. The highest BCUT2D eigenvalue weighted by molar-refractivity contribution is 5.79. The van der Waals surface area contributed by atoms with Gasteiger partial charge in [0.1, 0.15) is 0 Å². The predicted molar refractivity (Wildman–Crippen MR) is 136 cm³/mol. The standard InChI is InChI=1S/C27H27F6N7/c1-16(38(2)22-8-9-22)24-19(12-18-6-4-5-7-23(18)34-24)15-40(25-35-37-39(3)36-25)14-17-10-20(26(28,29)30)13-21(11-17)27(31,32)33/h4-7,10-13,16,22H,8-9,14-15H2,1-3H3. The minimum absolute atomic E-state index is 0.0655. The molecular weight excluding hydrogens is 536 g/mol. The molecule has 0 radical (unpaired) electrons. The SMILES string of the molecule is CC(c1nc2ccccc2cc1CN(Cc1cc(C(F)(F)F)cc(C(F)(F)F)c1)c1nnn(C)n1)N(C)C1CC1. The van der Waals surface area contributed by atoms with Gasteiger partial charge in [0, 0.05) is 30.6 Å². The minimum atomic E-state index is -4.95. The van der Waals surface area contributed by atoms with Gasteiger partial charge in [-0.3, -0.25) is 9.88 Å². The lowest BCUT2D eigenvalue weighted by Gasteiger charge is -2.28. The van der Waals surface area contributed by atoms with Crippen LogP contribution < -0.4 is 4.90 Å². The molecule has 2 aromatic heterocycles. The lowest BCUT2D eigenvalue weighted by molar-refractivity contribution is -0.143. The molecule has 1 atom stereocenters. The van der Waals surface area contributed by atoms with Crippen LogP contribution in [0.15, 0.2) is 48.5 Å². The number of hydrogen-bond donors (Lipinski definition) is 0. The Morgan fingerprint density at radius 3 is 2.17 bits per heavy atom. The van der Waals surface area contributed by atoms with Gasteiger partial charge < -0.3 is 4.90 Å². The van der Waals surface area contributed by atoms with Crippen LogP contribution in [0.25, 0.3) is 10.9 Å². The summed E-state index contributed by atoms with van der Waals surface area (Å²) in [6.45, 7) is 1.80. The Balaban J connectivity index is 1.58. The van der Waals surface area contributed by atoms with Crippen molar-refractivity contribution in [2.75, 3.05) is 11.9 Å². The van der Waals surface area contributed by atoms with Crippen LogP contribution in [0.3, 0.4) is 0 Å². The van der Waals surface area contributed by atoms with Crippen LogP contribution in [0.2, 0.25) is 0 Å². The number of halogens is 6. The Morgan fingerprint density at radius 2 is 1.60 bits per heavy atom. The summed E-state index contributed by atoms with van der Waals surface area (Å²) in [6.07, 6.45) is -7.75. The predicted octanol–water partition coefficient (Wildman–Crippen LogP) is 6.16. The van der Waals surface area contributed by atoms with E-state index >= 15 is 0 Å². The van der Waals surface area contributed by atoms with Gasteiger partial charge in [-0.05, 0) is 73.5 Å². The molecule has 13 heteroatoms. The number of fused-ring (bicyclic) bond motifs is 1. The average Bonchev–Trinajstić information content (AvgIpc) is 3.65. The number of aromatic nitrogens is 5. The highest BCUT2D eigenvalue weighted by Gasteiger charge is 2.37. The summed E-state index contributed by atoms with van der Waals surface area (Å²) in [5, 5.41) is 12.9. The average molecular weight is 564 g/mol. The number of anilines is 1. The zero-order valence-corrected chi connectivity index (χ0v) is 22.0. The highest BCUT2D eigenvalue weighted by Crippen LogP contribution is 2.38. The fourth-order valence-corrected chi connectivity index (χ4v) is 4.79. The largest absolute Gasteiger partial charge is 0.416 e. The van der Waals surface area contributed by atoms with E-state index in [-0.39, 0.29) is 36.7 Å². The normalized spacial score (nSPS) is 15.2. The molecule has 5 rings (SSSR count). The fourth-order valence-electron chi connectivity index (χ4n) is 4.79. The van der Waals surface area contributed by atoms with E-state index in [0.29, 0.717) is 6.04 Å². The van der Waals surface area contributed by atoms with Crippen LogP contribution in [0.5, 0.6) is 0 Å². The van der Waals surface area contributed by atoms with Crippen molar-refractivity contribution in [3.8, 4) is 0 Å². The number of alkyl halides is 6. The van der Waals surface area contributed by atoms with Crippen molar-refractivity contribution in [3.63, 3.8) is 0 Å². The van der Waals surface area contributed by atoms with Crippen LogP contribution >= 0.6 is 0 Å². The molecule has 212 valence electrons. The quantitative estimate of drug-likeness (QED) is 0.240. The lowest BCUT2D eigenvalue weighted by atomic mass is 10.0. The number of nitrogens with zero attached hydrogens (tertiary/aromatic N) is 7. The van der Waals surface area contributed by atoms with Crippen molar-refractivity contribution in [2.45, 2.75) is 57.3 Å². The second kappa shape index (κ2) is 10.3. The molecule has 1 aliphatic rings. The molecular formula is C27H27F6N7. The molecule has 0 spiro atoms. The van der Waals surface area contributed by atoms with Gasteiger partial charge in [0.25, 0.3) is 5.95 Å². The number of tetrazole rings is 1. The van der Waals surface area contributed by atoms with Gasteiger partial charge in [0.2, 0.25) is 0 Å². The van der Waals surface area contributed by atoms with E-state index in [0.717, 1.165) is 47.1 Å². The summed E-state index contributed by atoms with van der Waals surface area (Å²) in [5.41, 5.74) is -0.632. The molecule has 40 heavy (non-hydrogen) atoms. The Hall–Kier alpha value is -3.74. The third-order valence-corrected chi connectivity index (χ3v) is 7.13. The third kappa shape index (κ3) is 6.03. The van der Waals surface area contributed by atoms with Crippen LogP contribution in [0.4, 0.5) is 32.3 Å². The smallest absolute Gasteiger partial charge is 0.329 e. The van der Waals surface area contributed by atoms with E-state index in [1.807, 2.05) is 44.3 Å². The first-order valence-corrected chi connectivity index (χ1v) is 12.7. The van der Waals surface area contributed by atoms with Gasteiger partial charge in [-0.25, -0.2) is 0 Å². The highest BCUT2D eigenvalue weighted by atomic mass is 19.4. The molecule has 0 N–H and O–H groups in total. The van der Waals surface area contributed by atoms with Crippen LogP contribution in [0, 0.1) is 0 Å². The van der Waals surface area contributed by atoms with Gasteiger partial charge in [0.05, 0.1) is 29.4 Å². The first kappa shape index (κ1) is 27.8. The zero-order valence-electron chi connectivity index (χ0n) is 22.0. The number of benzene rings is 2. The lowest BCUT2D eigenvalue weighted by Crippen LogP contribution is -2.29. The summed E-state index contributed by atoms with van der Waals surface area (Å²) in [6, 6.07) is 11.4. The molecule has 0 amide bonds. The summed E-state index contributed by atoms with van der Waals surface area (Å²) >= 11 is 0. The topological polar surface area (TPSA) is 63.0 Å². The third-order valence-electron chi connectivity index (χ3n) is 7.13. The monoisotopic (exact) mass is 563 g/mol. The maximum absolute atomic E-state index is 13.6. The molecule has 0 saturated heterocycles. The van der Waals surface area contributed by atoms with Gasteiger partial charge in [0.15, 0.2) is 0 Å². The first-order valence-electron chi connectivity index (χ1n) is 12.7. The van der Waals surface area contributed by atoms with Crippen molar-refractivity contribution in [1.82, 2.24) is 30.1 Å². The molecule has 1 fully saturated rings. The molecule has 1 unspecified atom stereocenters. The maximum Gasteiger partial charge on any atom is 0.416 e. The second-order valence-corrected chi connectivity index (χ2v) is 10.1. The van der Waals surface area contributed by atoms with Crippen molar-refractivity contribution in [2.24, 2.45) is 7.05 Å². The molecule has 4 aromatic rings. The van der Waals surface area contributed by atoms with Crippen molar-refractivity contribution >= 4 is 16.9 Å². The number of aryl methyl sites for hydroxylation is 1. The molecule has 0 aliphatic heterocycles. The molecule has 1 aliphatic carbocycles. The van der Waals surface area contributed by atoms with Crippen molar-refractivity contribution < 1.29 is 26.3 Å². The Labute approximate surface area is 226 Å². The van der Waals surface area contributed by atoms with E-state index < -0.39 is 23.5 Å². The zero-order chi connectivity index (χ0) is 28.8. The van der Waals surface area contributed by atoms with Crippen molar-refractivity contribution in [3.05, 3.63) is 76.5 Å². The van der Waals surface area contributed by atoms with Crippen molar-refractivity contribution in [1.29, 1.82) is 0 Å². The van der Waals surface area contributed by atoms with Gasteiger partial charge >= 0.3 is 12.4 Å². The first-order chi connectivity index (χ1) is 18.8. The van der Waals surface area contributed by atoms with E-state index in [2.05, 4.69) is 20.3 Å². The number of rotatable bonds is 8. The number of pyridine rings is 1. The van der Waals surface area contributed by atoms with Crippen LogP contribution in [-0.4, -0.2) is 43.2 Å². The summed E-state index contributed by atoms with van der Waals surface area (Å²) in [5.74, 6) is 0.0655. The van der Waals surface area contributed by atoms with E-state index in [1.54, 1.807) is 0 Å². The van der Waals surface area contributed by atoms with Gasteiger partial charge in [-0.15, -0.1) is 5.10 Å². The summed E-state index contributed by atoms with van der Waals surface area (Å²) in [4.78, 5) is 9.86. The molecule has 2 aromatic carbocycles. The summed E-state index contributed by atoms with van der Waals surface area (Å²) in [7, 11) is 3.54. The minimum Gasteiger partial charge on any atom is -0.329 e. The van der Waals surface area contributed by atoms with Gasteiger partial charge in [-0.2, -0.15) is 31.1 Å². The molecule has 0 bridgehead atoms. The fraction of sp³-hybridized carbons (Fsp3) is 0.407. The Bertz CT molecular complexity index is 1480. The Morgan fingerprint density at radius 1 is 0.950 bits per heavy atom. The molecule has 2 heterocycles. The second-order valence-electron chi connectivity index (χ2n) is 10.1. The van der Waals surface area contributed by atoms with E-state index in [9.17, 15) is 26.3 Å². The molecule has 7 nitrogen and oxygen atoms in total.